The zero-order valence-electron chi connectivity index (χ0n) is 16.7. The van der Waals surface area contributed by atoms with Crippen molar-refractivity contribution >= 4 is 11.9 Å². The van der Waals surface area contributed by atoms with E-state index in [0.717, 1.165) is 50.4 Å². The fourth-order valence-corrected chi connectivity index (χ4v) is 5.28. The van der Waals surface area contributed by atoms with Crippen LogP contribution in [-0.4, -0.2) is 82.0 Å². The fraction of sp³-hybridized carbons (Fsp3) is 0.600. The van der Waals surface area contributed by atoms with Gasteiger partial charge in [-0.15, -0.1) is 0 Å². The molecule has 4 heterocycles. The Hall–Kier alpha value is -2.52. The molecule has 3 saturated heterocycles. The van der Waals surface area contributed by atoms with Gasteiger partial charge < -0.3 is 15.0 Å². The first-order valence-electron chi connectivity index (χ1n) is 10.4. The number of ether oxygens (including phenoxy) is 1. The molecule has 1 N–H and O–H groups in total. The topological polar surface area (TPSA) is 88.4 Å². The van der Waals surface area contributed by atoms with Crippen molar-refractivity contribution < 1.29 is 9.53 Å². The van der Waals surface area contributed by atoms with Crippen LogP contribution in [0.4, 0.5) is 5.95 Å². The zero-order chi connectivity index (χ0) is 19.8. The van der Waals surface area contributed by atoms with Crippen molar-refractivity contribution in [2.45, 2.75) is 43.4 Å². The number of morpholine rings is 1. The molecule has 5 rings (SSSR count). The summed E-state index contributed by atoms with van der Waals surface area (Å²) in [6, 6.07) is 10.8. The Labute approximate surface area is 170 Å². The number of carbonyl (C=O) groups excluding carboxylic acids is 1. The number of para-hydroxylation sites is 1. The highest BCUT2D eigenvalue weighted by molar-refractivity contribution is 5.77. The summed E-state index contributed by atoms with van der Waals surface area (Å²) in [6.07, 6.45) is 4.16. The predicted octanol–water partition coefficient (Wildman–Crippen LogP) is 0.611. The molecule has 3 aliphatic heterocycles. The van der Waals surface area contributed by atoms with Gasteiger partial charge in [0.15, 0.2) is 0 Å². The highest BCUT2D eigenvalue weighted by Gasteiger charge is 2.51. The molecule has 2 aromatic rings. The number of likely N-dealkylation sites (N-methyl/N-ethyl adjacent to an activating group) is 1. The lowest BCUT2D eigenvalue weighted by Gasteiger charge is -2.50. The van der Waals surface area contributed by atoms with Gasteiger partial charge in [-0.2, -0.15) is 4.68 Å². The highest BCUT2D eigenvalue weighted by Crippen LogP contribution is 2.44. The second-order valence-corrected chi connectivity index (χ2v) is 8.32. The third-order valence-electron chi connectivity index (χ3n) is 6.58. The minimum Gasteiger partial charge on any atom is -0.371 e. The quantitative estimate of drug-likeness (QED) is 0.809. The highest BCUT2D eigenvalue weighted by atomic mass is 16.5. The minimum atomic E-state index is -0.198. The fourth-order valence-electron chi connectivity index (χ4n) is 5.28. The van der Waals surface area contributed by atoms with E-state index in [4.69, 9.17) is 4.74 Å². The van der Waals surface area contributed by atoms with Crippen LogP contribution in [-0.2, 0) is 9.53 Å². The Morgan fingerprint density at radius 1 is 1.24 bits per heavy atom. The summed E-state index contributed by atoms with van der Waals surface area (Å²) in [5, 5.41) is 15.2. The van der Waals surface area contributed by atoms with Gasteiger partial charge in [-0.1, -0.05) is 23.3 Å². The Morgan fingerprint density at radius 2 is 2.00 bits per heavy atom. The van der Waals surface area contributed by atoms with Crippen molar-refractivity contribution in [2.75, 3.05) is 38.2 Å². The normalized spacial score (nSPS) is 29.3. The van der Waals surface area contributed by atoms with Gasteiger partial charge in [0.05, 0.1) is 31.0 Å². The molecule has 9 nitrogen and oxygen atoms in total. The van der Waals surface area contributed by atoms with E-state index in [9.17, 15) is 4.79 Å². The maximum Gasteiger partial charge on any atom is 0.250 e. The van der Waals surface area contributed by atoms with E-state index in [1.54, 1.807) is 11.7 Å². The maximum absolute atomic E-state index is 11.9. The number of carbonyl (C=O) groups is 1. The average Bonchev–Trinajstić information content (AvgIpc) is 3.33. The van der Waals surface area contributed by atoms with Crippen LogP contribution < -0.4 is 10.2 Å². The molecule has 29 heavy (non-hydrogen) atoms. The zero-order valence-corrected chi connectivity index (χ0v) is 16.7. The SMILES string of the molecule is CNC(=O)CN1[C@@H]2CC[C@H]1CC1(C2)CN(c2nnnn2-c2ccccc2)CCO1. The van der Waals surface area contributed by atoms with Crippen molar-refractivity contribution in [1.82, 2.24) is 30.4 Å². The summed E-state index contributed by atoms with van der Waals surface area (Å²) in [4.78, 5) is 16.6. The first-order valence-corrected chi connectivity index (χ1v) is 10.4. The molecule has 1 amide bonds. The maximum atomic E-state index is 11.9. The van der Waals surface area contributed by atoms with Gasteiger partial charge in [0.1, 0.15) is 0 Å². The molecule has 3 atom stereocenters. The molecular formula is C20H27N7O2. The number of anilines is 1. The van der Waals surface area contributed by atoms with Crippen molar-refractivity contribution in [2.24, 2.45) is 0 Å². The molecule has 9 heteroatoms. The average molecular weight is 397 g/mol. The molecule has 0 aliphatic carbocycles. The third kappa shape index (κ3) is 3.38. The summed E-state index contributed by atoms with van der Waals surface area (Å²) in [7, 11) is 1.70. The van der Waals surface area contributed by atoms with E-state index in [2.05, 4.69) is 30.6 Å². The number of hydrogen-bond acceptors (Lipinski definition) is 7. The third-order valence-corrected chi connectivity index (χ3v) is 6.58. The van der Waals surface area contributed by atoms with Crippen molar-refractivity contribution in [3.05, 3.63) is 30.3 Å². The van der Waals surface area contributed by atoms with Gasteiger partial charge in [-0.3, -0.25) is 9.69 Å². The van der Waals surface area contributed by atoms with Gasteiger partial charge in [0, 0.05) is 25.7 Å². The van der Waals surface area contributed by atoms with Crippen LogP contribution in [0.1, 0.15) is 25.7 Å². The molecule has 154 valence electrons. The van der Waals surface area contributed by atoms with Crippen LogP contribution in [0.3, 0.4) is 0 Å². The summed E-state index contributed by atoms with van der Waals surface area (Å²) in [6.45, 7) is 2.70. The van der Waals surface area contributed by atoms with E-state index in [1.807, 2.05) is 30.3 Å². The molecule has 3 aliphatic rings. The van der Waals surface area contributed by atoms with Crippen molar-refractivity contribution in [3.8, 4) is 5.69 Å². The number of rotatable bonds is 4. The second-order valence-electron chi connectivity index (χ2n) is 8.32. The largest absolute Gasteiger partial charge is 0.371 e. The van der Waals surface area contributed by atoms with E-state index in [-0.39, 0.29) is 11.5 Å². The number of aromatic nitrogens is 4. The Kier molecular flexibility index (Phi) is 4.71. The van der Waals surface area contributed by atoms with Crippen LogP contribution in [0, 0.1) is 0 Å². The number of nitrogens with zero attached hydrogens (tertiary/aromatic N) is 6. The van der Waals surface area contributed by atoms with Gasteiger partial charge in [0.2, 0.25) is 5.91 Å². The van der Waals surface area contributed by atoms with Crippen LogP contribution in [0.2, 0.25) is 0 Å². The number of amides is 1. The van der Waals surface area contributed by atoms with E-state index >= 15 is 0 Å². The first kappa shape index (κ1) is 18.5. The molecule has 3 fully saturated rings. The van der Waals surface area contributed by atoms with Crippen molar-refractivity contribution in [3.63, 3.8) is 0 Å². The molecule has 1 aromatic heterocycles. The summed E-state index contributed by atoms with van der Waals surface area (Å²) < 4.78 is 8.19. The Morgan fingerprint density at radius 3 is 2.72 bits per heavy atom. The number of nitrogens with one attached hydrogen (secondary N) is 1. The minimum absolute atomic E-state index is 0.0890. The molecule has 1 aromatic carbocycles. The molecular weight excluding hydrogens is 370 g/mol. The predicted molar refractivity (Wildman–Crippen MR) is 107 cm³/mol. The smallest absolute Gasteiger partial charge is 0.250 e. The van der Waals surface area contributed by atoms with E-state index in [0.29, 0.717) is 25.2 Å². The molecule has 0 saturated carbocycles. The van der Waals surface area contributed by atoms with Crippen LogP contribution in [0.15, 0.2) is 30.3 Å². The molecule has 2 bridgehead atoms. The Bertz CT molecular complexity index is 857. The molecule has 0 radical (unpaired) electrons. The van der Waals surface area contributed by atoms with Crippen LogP contribution in [0.5, 0.6) is 0 Å². The monoisotopic (exact) mass is 397 g/mol. The first-order chi connectivity index (χ1) is 14.2. The van der Waals surface area contributed by atoms with Crippen LogP contribution >= 0.6 is 0 Å². The Balaban J connectivity index is 1.35. The lowest BCUT2D eigenvalue weighted by Crippen LogP contribution is -2.61. The van der Waals surface area contributed by atoms with Gasteiger partial charge in [-0.05, 0) is 48.2 Å². The van der Waals surface area contributed by atoms with Gasteiger partial charge in [0.25, 0.3) is 5.95 Å². The number of tetrazole rings is 1. The second kappa shape index (κ2) is 7.38. The van der Waals surface area contributed by atoms with Gasteiger partial charge in [-0.25, -0.2) is 0 Å². The van der Waals surface area contributed by atoms with Crippen molar-refractivity contribution in [1.29, 1.82) is 0 Å². The van der Waals surface area contributed by atoms with E-state index < -0.39 is 0 Å². The standard InChI is InChI=1S/C20H27N7O2/c1-21-18(28)13-26-16-7-8-17(26)12-20(11-16)14-25(9-10-29-20)19-22-23-24-27(19)15-5-3-2-4-6-15/h2-6,16-17H,7-14H2,1H3,(H,21,28)/t16-,17+,20?. The number of fused-ring (bicyclic) bond motifs is 2. The van der Waals surface area contributed by atoms with Gasteiger partial charge >= 0.3 is 0 Å². The summed E-state index contributed by atoms with van der Waals surface area (Å²) in [5.74, 6) is 0.852. The molecule has 1 unspecified atom stereocenters. The van der Waals surface area contributed by atoms with E-state index in [1.165, 1.54) is 0 Å². The summed E-state index contributed by atoms with van der Waals surface area (Å²) in [5.41, 5.74) is 0.755. The lowest BCUT2D eigenvalue weighted by molar-refractivity contribution is -0.130. The lowest BCUT2D eigenvalue weighted by atomic mass is 9.84. The number of hydrogen-bond donors (Lipinski definition) is 1. The number of benzene rings is 1. The summed E-state index contributed by atoms with van der Waals surface area (Å²) >= 11 is 0. The van der Waals surface area contributed by atoms with Crippen LogP contribution in [0.25, 0.3) is 5.69 Å². The molecule has 1 spiro atoms. The number of piperidine rings is 1.